The number of rotatable bonds is 5. The second-order valence-corrected chi connectivity index (χ2v) is 5.30. The Morgan fingerprint density at radius 3 is 2.71 bits per heavy atom. The predicted octanol–water partition coefficient (Wildman–Crippen LogP) is 0.231. The maximum Gasteiger partial charge on any atom is 0.209 e. The van der Waals surface area contributed by atoms with Gasteiger partial charge in [0.15, 0.2) is 0 Å². The lowest BCUT2D eigenvalue weighted by molar-refractivity contribution is 0.596. The van der Waals surface area contributed by atoms with E-state index < -0.39 is 10.0 Å². The third-order valence-electron chi connectivity index (χ3n) is 2.09. The predicted molar refractivity (Wildman–Crippen MR) is 66.7 cm³/mol. The molecule has 0 bridgehead atoms. The first-order valence-electron chi connectivity index (χ1n) is 4.96. The van der Waals surface area contributed by atoms with Gasteiger partial charge < -0.3 is 11.1 Å². The SMILES string of the molecule is N#Cc1cc(N)ccc1NCCCS(N)(=O)=O. The van der Waals surface area contributed by atoms with Crippen molar-refractivity contribution in [3.05, 3.63) is 23.8 Å². The van der Waals surface area contributed by atoms with Gasteiger partial charge in [-0.25, -0.2) is 13.6 Å². The number of nitrogens with zero attached hydrogens (tertiary/aromatic N) is 1. The highest BCUT2D eigenvalue weighted by Gasteiger charge is 2.04. The fourth-order valence-electron chi connectivity index (χ4n) is 1.30. The number of nitrogens with one attached hydrogen (secondary N) is 1. The average Bonchev–Trinajstić information content (AvgIpc) is 2.24. The summed E-state index contributed by atoms with van der Waals surface area (Å²) in [6.45, 7) is 0.426. The van der Waals surface area contributed by atoms with Crippen LogP contribution in [-0.2, 0) is 10.0 Å². The van der Waals surface area contributed by atoms with Crippen molar-refractivity contribution in [1.29, 1.82) is 5.26 Å². The van der Waals surface area contributed by atoms with E-state index >= 15 is 0 Å². The van der Waals surface area contributed by atoms with Crippen LogP contribution >= 0.6 is 0 Å². The van der Waals surface area contributed by atoms with E-state index in [4.69, 9.17) is 16.1 Å². The Bertz CT molecular complexity index is 534. The summed E-state index contributed by atoms with van der Waals surface area (Å²) in [5, 5.41) is 16.7. The van der Waals surface area contributed by atoms with Crippen LogP contribution in [0.15, 0.2) is 18.2 Å². The molecule has 0 atom stereocenters. The van der Waals surface area contributed by atoms with E-state index in [0.717, 1.165) is 0 Å². The molecule has 6 nitrogen and oxygen atoms in total. The fraction of sp³-hybridized carbons (Fsp3) is 0.300. The Balaban J connectivity index is 2.56. The van der Waals surface area contributed by atoms with Crippen LogP contribution in [0.3, 0.4) is 0 Å². The second-order valence-electron chi connectivity index (χ2n) is 3.56. The number of nitriles is 1. The van der Waals surface area contributed by atoms with E-state index in [9.17, 15) is 8.42 Å². The number of anilines is 2. The molecule has 0 heterocycles. The quantitative estimate of drug-likeness (QED) is 0.513. The lowest BCUT2D eigenvalue weighted by Crippen LogP contribution is -2.18. The van der Waals surface area contributed by atoms with Gasteiger partial charge in [0, 0.05) is 12.2 Å². The molecule has 0 aliphatic carbocycles. The molecule has 92 valence electrons. The molecule has 0 saturated heterocycles. The van der Waals surface area contributed by atoms with Crippen molar-refractivity contribution in [2.45, 2.75) is 6.42 Å². The summed E-state index contributed by atoms with van der Waals surface area (Å²) in [7, 11) is -3.43. The van der Waals surface area contributed by atoms with Crippen LogP contribution in [0.4, 0.5) is 11.4 Å². The van der Waals surface area contributed by atoms with Crippen molar-refractivity contribution in [1.82, 2.24) is 0 Å². The zero-order valence-electron chi connectivity index (χ0n) is 9.18. The summed E-state index contributed by atoms with van der Waals surface area (Å²) >= 11 is 0. The first-order chi connectivity index (χ1) is 7.92. The minimum absolute atomic E-state index is 0.0864. The van der Waals surface area contributed by atoms with Gasteiger partial charge in [-0.05, 0) is 24.6 Å². The zero-order valence-corrected chi connectivity index (χ0v) is 10.00. The molecular formula is C10H14N4O2S. The standard InChI is InChI=1S/C10H14N4O2S/c11-7-8-6-9(12)2-3-10(8)14-4-1-5-17(13,15)16/h2-3,6,14H,1,4-5,12H2,(H2,13,15,16). The number of nitrogen functional groups attached to an aromatic ring is 1. The van der Waals surface area contributed by atoms with Crippen molar-refractivity contribution < 1.29 is 8.42 Å². The van der Waals surface area contributed by atoms with Crippen LogP contribution in [0.2, 0.25) is 0 Å². The van der Waals surface area contributed by atoms with Crippen LogP contribution in [-0.4, -0.2) is 20.7 Å². The molecule has 0 aromatic heterocycles. The van der Waals surface area contributed by atoms with Gasteiger partial charge in [-0.1, -0.05) is 0 Å². The fourth-order valence-corrected chi connectivity index (χ4v) is 1.85. The molecule has 0 amide bonds. The van der Waals surface area contributed by atoms with E-state index in [1.54, 1.807) is 18.2 Å². The van der Waals surface area contributed by atoms with E-state index in [2.05, 4.69) is 5.32 Å². The topological polar surface area (TPSA) is 122 Å². The van der Waals surface area contributed by atoms with E-state index in [1.165, 1.54) is 0 Å². The summed E-state index contributed by atoms with van der Waals surface area (Å²) in [6, 6.07) is 6.92. The maximum atomic E-state index is 10.7. The van der Waals surface area contributed by atoms with Gasteiger partial charge >= 0.3 is 0 Å². The molecule has 7 heteroatoms. The van der Waals surface area contributed by atoms with Crippen molar-refractivity contribution in [2.24, 2.45) is 5.14 Å². The third kappa shape index (κ3) is 4.72. The van der Waals surface area contributed by atoms with Gasteiger partial charge in [-0.2, -0.15) is 5.26 Å². The number of benzene rings is 1. The van der Waals surface area contributed by atoms with Crippen molar-refractivity contribution in [3.8, 4) is 6.07 Å². The maximum absolute atomic E-state index is 10.7. The largest absolute Gasteiger partial charge is 0.399 e. The van der Waals surface area contributed by atoms with Gasteiger partial charge in [0.05, 0.1) is 17.0 Å². The van der Waals surface area contributed by atoms with E-state index in [1.807, 2.05) is 6.07 Å². The van der Waals surface area contributed by atoms with Gasteiger partial charge in [-0.15, -0.1) is 0 Å². The molecule has 0 radical (unpaired) electrons. The monoisotopic (exact) mass is 254 g/mol. The molecule has 0 aliphatic heterocycles. The highest BCUT2D eigenvalue weighted by atomic mass is 32.2. The first-order valence-corrected chi connectivity index (χ1v) is 6.68. The lowest BCUT2D eigenvalue weighted by Gasteiger charge is -2.08. The van der Waals surface area contributed by atoms with Crippen LogP contribution in [0.5, 0.6) is 0 Å². The van der Waals surface area contributed by atoms with Gasteiger partial charge in [0.25, 0.3) is 0 Å². The van der Waals surface area contributed by atoms with E-state index in [0.29, 0.717) is 29.9 Å². The van der Waals surface area contributed by atoms with Crippen LogP contribution < -0.4 is 16.2 Å². The Morgan fingerprint density at radius 2 is 2.12 bits per heavy atom. The minimum Gasteiger partial charge on any atom is -0.399 e. The van der Waals surface area contributed by atoms with Crippen LogP contribution in [0.1, 0.15) is 12.0 Å². The molecule has 17 heavy (non-hydrogen) atoms. The van der Waals surface area contributed by atoms with Gasteiger partial charge in [0.2, 0.25) is 10.0 Å². The number of nitrogens with two attached hydrogens (primary N) is 2. The molecule has 5 N–H and O–H groups in total. The molecule has 0 saturated carbocycles. The van der Waals surface area contributed by atoms with Gasteiger partial charge in [-0.3, -0.25) is 0 Å². The van der Waals surface area contributed by atoms with E-state index in [-0.39, 0.29) is 5.75 Å². The summed E-state index contributed by atoms with van der Waals surface area (Å²) in [5.74, 6) is -0.0864. The van der Waals surface area contributed by atoms with Crippen molar-refractivity contribution >= 4 is 21.4 Å². The molecule has 0 fully saturated rings. The number of primary sulfonamides is 1. The Hall–Kier alpha value is -1.78. The average molecular weight is 254 g/mol. The van der Waals surface area contributed by atoms with Crippen molar-refractivity contribution in [2.75, 3.05) is 23.3 Å². The molecule has 0 spiro atoms. The molecular weight excluding hydrogens is 240 g/mol. The molecule has 1 aromatic rings. The number of hydrogen-bond acceptors (Lipinski definition) is 5. The summed E-state index contributed by atoms with van der Waals surface area (Å²) in [5.41, 5.74) is 7.12. The zero-order chi connectivity index (χ0) is 12.9. The number of sulfonamides is 1. The minimum atomic E-state index is -3.43. The normalized spacial score (nSPS) is 10.8. The Labute approximate surface area is 100 Å². The van der Waals surface area contributed by atoms with Gasteiger partial charge in [0.1, 0.15) is 6.07 Å². The highest BCUT2D eigenvalue weighted by molar-refractivity contribution is 7.89. The smallest absolute Gasteiger partial charge is 0.209 e. The Morgan fingerprint density at radius 1 is 1.41 bits per heavy atom. The third-order valence-corrected chi connectivity index (χ3v) is 2.94. The molecule has 1 rings (SSSR count). The Kier molecular flexibility index (Phi) is 4.31. The lowest BCUT2D eigenvalue weighted by atomic mass is 10.1. The summed E-state index contributed by atoms with van der Waals surface area (Å²) in [4.78, 5) is 0. The second kappa shape index (κ2) is 5.52. The molecule has 1 aromatic carbocycles. The summed E-state index contributed by atoms with van der Waals surface area (Å²) < 4.78 is 21.4. The first kappa shape index (κ1) is 13.3. The number of hydrogen-bond donors (Lipinski definition) is 3. The molecule has 0 unspecified atom stereocenters. The van der Waals surface area contributed by atoms with Crippen LogP contribution in [0, 0.1) is 11.3 Å². The summed E-state index contributed by atoms with van der Waals surface area (Å²) in [6.07, 6.45) is 0.383. The highest BCUT2D eigenvalue weighted by Crippen LogP contribution is 2.17. The van der Waals surface area contributed by atoms with Crippen molar-refractivity contribution in [3.63, 3.8) is 0 Å². The van der Waals surface area contributed by atoms with Crippen LogP contribution in [0.25, 0.3) is 0 Å². The molecule has 0 aliphatic rings.